The number of carbonyl (C=O) groups is 2. The molecule has 0 unspecified atom stereocenters. The van der Waals surface area contributed by atoms with Crippen molar-refractivity contribution < 1.29 is 9.59 Å². The van der Waals surface area contributed by atoms with E-state index in [1.54, 1.807) is 0 Å². The fraction of sp³-hybridized carbons (Fsp3) is 0.931. The zero-order chi connectivity index (χ0) is 23.8. The molecular formula is C29H50N2O2. The minimum atomic E-state index is 0.273. The van der Waals surface area contributed by atoms with E-state index in [9.17, 15) is 9.59 Å². The number of hydrogen-bond donors (Lipinski definition) is 0. The van der Waals surface area contributed by atoms with Crippen LogP contribution in [0.1, 0.15) is 118 Å². The molecule has 4 rings (SSSR count). The van der Waals surface area contributed by atoms with E-state index >= 15 is 0 Å². The van der Waals surface area contributed by atoms with Gasteiger partial charge >= 0.3 is 0 Å². The molecule has 1 saturated heterocycles. The molecule has 33 heavy (non-hydrogen) atoms. The van der Waals surface area contributed by atoms with Crippen LogP contribution in [0.2, 0.25) is 0 Å². The summed E-state index contributed by atoms with van der Waals surface area (Å²) in [7, 11) is 2.05. The Kier molecular flexibility index (Phi) is 7.51. The molecule has 2 amide bonds. The van der Waals surface area contributed by atoms with Crippen molar-refractivity contribution >= 4 is 11.8 Å². The maximum Gasteiger partial charge on any atom is 0.222 e. The van der Waals surface area contributed by atoms with E-state index in [1.165, 1.54) is 51.4 Å². The number of hydrogen-bond acceptors (Lipinski definition) is 2. The van der Waals surface area contributed by atoms with Crippen molar-refractivity contribution in [3.8, 4) is 0 Å². The lowest BCUT2D eigenvalue weighted by molar-refractivity contribution is -0.159. The Balaban J connectivity index is 1.54. The SMILES string of the molecule is CCCCCN(C(=O)CCCC)[C@H]1CC[C@H]2[C@@H]3CC[C@H]4N(C)C(=O)CC[C@]4(C)[C@H]3CC[C@]12C. The number of unbranched alkanes of at least 4 members (excludes halogenated alkanes) is 3. The number of likely N-dealkylation sites (tertiary alicyclic amines) is 1. The van der Waals surface area contributed by atoms with Gasteiger partial charge in [-0.1, -0.05) is 47.0 Å². The fourth-order valence-electron chi connectivity index (χ4n) is 9.09. The lowest BCUT2D eigenvalue weighted by Crippen LogP contribution is -2.62. The first-order chi connectivity index (χ1) is 15.8. The Morgan fingerprint density at radius 2 is 1.67 bits per heavy atom. The molecule has 0 radical (unpaired) electrons. The molecule has 7 atom stereocenters. The van der Waals surface area contributed by atoms with Crippen molar-refractivity contribution in [2.45, 2.75) is 130 Å². The minimum absolute atomic E-state index is 0.273. The highest BCUT2D eigenvalue weighted by atomic mass is 16.2. The van der Waals surface area contributed by atoms with E-state index in [1.807, 2.05) is 0 Å². The summed E-state index contributed by atoms with van der Waals surface area (Å²) in [5, 5.41) is 0. The van der Waals surface area contributed by atoms with Gasteiger partial charge in [0.1, 0.15) is 0 Å². The van der Waals surface area contributed by atoms with Gasteiger partial charge in [-0.25, -0.2) is 0 Å². The molecule has 4 nitrogen and oxygen atoms in total. The zero-order valence-corrected chi connectivity index (χ0v) is 22.2. The summed E-state index contributed by atoms with van der Waals surface area (Å²) >= 11 is 0. The summed E-state index contributed by atoms with van der Waals surface area (Å²) < 4.78 is 0. The Labute approximate surface area is 203 Å². The van der Waals surface area contributed by atoms with Gasteiger partial charge in [-0.3, -0.25) is 9.59 Å². The van der Waals surface area contributed by atoms with Crippen LogP contribution in [-0.4, -0.2) is 47.3 Å². The standard InChI is InChI=1S/C29H50N2O2/c1-6-8-10-20-31(27(33)11-9-7-2)25-15-13-22-21-12-14-24-28(3,19-17-26(32)30(24)5)23(21)16-18-29(22,25)4/h21-25H,6-20H2,1-5H3/t21-,22-,23-,24+,25-,28+,29-/m0/s1. The van der Waals surface area contributed by atoms with Gasteiger partial charge < -0.3 is 9.80 Å². The molecule has 3 aliphatic carbocycles. The molecule has 0 aromatic carbocycles. The van der Waals surface area contributed by atoms with Gasteiger partial charge in [0, 0.05) is 38.5 Å². The average molecular weight is 459 g/mol. The highest BCUT2D eigenvalue weighted by Gasteiger charge is 2.62. The van der Waals surface area contributed by atoms with Crippen LogP contribution < -0.4 is 0 Å². The molecule has 3 saturated carbocycles. The fourth-order valence-corrected chi connectivity index (χ4v) is 9.09. The number of carbonyl (C=O) groups excluding carboxylic acids is 2. The van der Waals surface area contributed by atoms with Crippen molar-refractivity contribution in [2.24, 2.45) is 28.6 Å². The Hall–Kier alpha value is -1.06. The Morgan fingerprint density at radius 3 is 2.39 bits per heavy atom. The maximum absolute atomic E-state index is 13.4. The van der Waals surface area contributed by atoms with Gasteiger partial charge in [-0.05, 0) is 86.4 Å². The van der Waals surface area contributed by atoms with Crippen LogP contribution in [0.15, 0.2) is 0 Å². The second-order valence-electron chi connectivity index (χ2n) is 12.5. The smallest absolute Gasteiger partial charge is 0.222 e. The van der Waals surface area contributed by atoms with Crippen molar-refractivity contribution in [3.63, 3.8) is 0 Å². The minimum Gasteiger partial charge on any atom is -0.342 e. The van der Waals surface area contributed by atoms with Gasteiger partial charge in [0.25, 0.3) is 0 Å². The molecule has 0 aromatic rings. The quantitative estimate of drug-likeness (QED) is 0.393. The summed E-state index contributed by atoms with van der Waals surface area (Å²) in [6.45, 7) is 10.5. The first kappa shape index (κ1) is 25.0. The van der Waals surface area contributed by atoms with E-state index in [2.05, 4.69) is 44.5 Å². The average Bonchev–Trinajstić information content (AvgIpc) is 3.15. The first-order valence-corrected chi connectivity index (χ1v) is 14.3. The third-order valence-corrected chi connectivity index (χ3v) is 11.0. The van der Waals surface area contributed by atoms with Crippen LogP contribution in [-0.2, 0) is 9.59 Å². The van der Waals surface area contributed by atoms with Gasteiger partial charge in [-0.15, -0.1) is 0 Å². The van der Waals surface area contributed by atoms with Crippen LogP contribution in [0.5, 0.6) is 0 Å². The number of piperidine rings is 1. The number of amides is 2. The summed E-state index contributed by atoms with van der Waals surface area (Å²) in [5.41, 5.74) is 0.553. The van der Waals surface area contributed by atoms with Crippen LogP contribution >= 0.6 is 0 Å². The topological polar surface area (TPSA) is 40.6 Å². The van der Waals surface area contributed by atoms with E-state index in [0.29, 0.717) is 23.9 Å². The number of rotatable bonds is 8. The monoisotopic (exact) mass is 458 g/mol. The molecule has 1 aliphatic heterocycles. The number of nitrogens with zero attached hydrogens (tertiary/aromatic N) is 2. The second kappa shape index (κ2) is 9.90. The molecule has 1 heterocycles. The van der Waals surface area contributed by atoms with Gasteiger partial charge in [-0.2, -0.15) is 0 Å². The molecule has 4 aliphatic rings. The molecule has 4 fully saturated rings. The van der Waals surface area contributed by atoms with Crippen molar-refractivity contribution in [2.75, 3.05) is 13.6 Å². The second-order valence-corrected chi connectivity index (χ2v) is 12.5. The molecule has 0 N–H and O–H groups in total. The molecular weight excluding hydrogens is 408 g/mol. The predicted octanol–water partition coefficient (Wildman–Crippen LogP) is 6.43. The molecule has 188 valence electrons. The van der Waals surface area contributed by atoms with Crippen LogP contribution in [0.3, 0.4) is 0 Å². The molecule has 0 spiro atoms. The first-order valence-electron chi connectivity index (χ1n) is 14.3. The van der Waals surface area contributed by atoms with Crippen LogP contribution in [0.25, 0.3) is 0 Å². The normalized spacial score (nSPS) is 40.2. The molecule has 0 bridgehead atoms. The Bertz CT molecular complexity index is 722. The largest absolute Gasteiger partial charge is 0.342 e. The summed E-state index contributed by atoms with van der Waals surface area (Å²) in [6, 6.07) is 0.869. The van der Waals surface area contributed by atoms with Crippen molar-refractivity contribution in [3.05, 3.63) is 0 Å². The van der Waals surface area contributed by atoms with Crippen LogP contribution in [0, 0.1) is 28.6 Å². The third-order valence-electron chi connectivity index (χ3n) is 11.0. The Morgan fingerprint density at radius 1 is 0.939 bits per heavy atom. The van der Waals surface area contributed by atoms with Crippen molar-refractivity contribution in [1.82, 2.24) is 9.80 Å². The van der Waals surface area contributed by atoms with Gasteiger partial charge in [0.05, 0.1) is 0 Å². The van der Waals surface area contributed by atoms with Gasteiger partial charge in [0.15, 0.2) is 0 Å². The zero-order valence-electron chi connectivity index (χ0n) is 22.2. The third kappa shape index (κ3) is 4.27. The van der Waals surface area contributed by atoms with Crippen molar-refractivity contribution in [1.29, 1.82) is 0 Å². The van der Waals surface area contributed by atoms with Gasteiger partial charge in [0.2, 0.25) is 11.8 Å². The van der Waals surface area contributed by atoms with E-state index < -0.39 is 0 Å². The lowest BCUT2D eigenvalue weighted by Gasteiger charge is -2.62. The van der Waals surface area contributed by atoms with E-state index in [0.717, 1.165) is 62.8 Å². The maximum atomic E-state index is 13.4. The summed E-state index contributed by atoms with van der Waals surface area (Å²) in [4.78, 5) is 30.3. The molecule has 4 heteroatoms. The number of fused-ring (bicyclic) bond motifs is 5. The highest BCUT2D eigenvalue weighted by Crippen LogP contribution is 2.65. The predicted molar refractivity (Wildman–Crippen MR) is 135 cm³/mol. The summed E-state index contributed by atoms with van der Waals surface area (Å²) in [5.74, 6) is 3.04. The van der Waals surface area contributed by atoms with Crippen LogP contribution in [0.4, 0.5) is 0 Å². The molecule has 0 aromatic heterocycles. The van der Waals surface area contributed by atoms with E-state index in [4.69, 9.17) is 0 Å². The van der Waals surface area contributed by atoms with E-state index in [-0.39, 0.29) is 10.8 Å². The summed E-state index contributed by atoms with van der Waals surface area (Å²) in [6.07, 6.45) is 15.7. The highest BCUT2D eigenvalue weighted by molar-refractivity contribution is 5.77. The lowest BCUT2D eigenvalue weighted by atomic mass is 9.47.